The van der Waals surface area contributed by atoms with Crippen molar-refractivity contribution in [1.29, 1.82) is 0 Å². The van der Waals surface area contributed by atoms with E-state index in [1.54, 1.807) is 25.1 Å². The molecule has 0 saturated carbocycles. The highest BCUT2D eigenvalue weighted by atomic mass is 32.2. The van der Waals surface area contributed by atoms with Crippen LogP contribution in [0.5, 0.6) is 0 Å². The summed E-state index contributed by atoms with van der Waals surface area (Å²) in [5, 5.41) is 12.1. The number of benzene rings is 2. The van der Waals surface area contributed by atoms with E-state index in [1.807, 2.05) is 36.6 Å². The summed E-state index contributed by atoms with van der Waals surface area (Å²) in [6.45, 7) is 6.54. The molecule has 150 valence electrons. The number of carbonyl (C=O) groups is 2. The van der Waals surface area contributed by atoms with Gasteiger partial charge in [0.05, 0.1) is 5.75 Å². The molecule has 3 rings (SSSR count). The summed E-state index contributed by atoms with van der Waals surface area (Å²) < 4.78 is 2.00. The van der Waals surface area contributed by atoms with Crippen molar-refractivity contribution >= 4 is 29.3 Å². The number of nitrogens with zero attached hydrogens (tertiary/aromatic N) is 3. The summed E-state index contributed by atoms with van der Waals surface area (Å²) in [6.07, 6.45) is 0. The van der Waals surface area contributed by atoms with Gasteiger partial charge in [-0.2, -0.15) is 0 Å². The maximum absolute atomic E-state index is 12.4. The van der Waals surface area contributed by atoms with Crippen molar-refractivity contribution in [3.05, 3.63) is 59.2 Å². The smallest absolute Gasteiger partial charge is 0.248 e. The number of thioether (sulfide) groups is 1. The van der Waals surface area contributed by atoms with Gasteiger partial charge in [-0.05, 0) is 50.6 Å². The Morgan fingerprint density at radius 2 is 1.93 bits per heavy atom. The predicted octanol–water partition coefficient (Wildman–Crippen LogP) is 3.41. The SMILES string of the molecule is CCn1c(SCC(=O)Nc2ccc(C(N)=O)c(C)c2)nnc1-c1cccc(C)c1. The molecule has 2 aromatic carbocycles. The highest BCUT2D eigenvalue weighted by molar-refractivity contribution is 7.99. The van der Waals surface area contributed by atoms with E-state index in [2.05, 4.69) is 21.6 Å². The fourth-order valence-corrected chi connectivity index (χ4v) is 3.83. The van der Waals surface area contributed by atoms with Gasteiger partial charge in [0.1, 0.15) is 0 Å². The summed E-state index contributed by atoms with van der Waals surface area (Å²) in [5.74, 6) is 0.336. The van der Waals surface area contributed by atoms with E-state index < -0.39 is 5.91 Å². The van der Waals surface area contributed by atoms with Crippen LogP contribution in [0.25, 0.3) is 11.4 Å². The zero-order chi connectivity index (χ0) is 21.0. The van der Waals surface area contributed by atoms with Crippen LogP contribution in [0, 0.1) is 13.8 Å². The minimum atomic E-state index is -0.487. The molecule has 0 unspecified atom stereocenters. The van der Waals surface area contributed by atoms with Crippen LogP contribution in [0.4, 0.5) is 5.69 Å². The molecule has 1 heterocycles. The van der Waals surface area contributed by atoms with Gasteiger partial charge in [0, 0.05) is 23.4 Å². The van der Waals surface area contributed by atoms with Crippen LogP contribution < -0.4 is 11.1 Å². The second-order valence-electron chi connectivity index (χ2n) is 6.65. The Bertz CT molecular complexity index is 1060. The minimum Gasteiger partial charge on any atom is -0.366 e. The summed E-state index contributed by atoms with van der Waals surface area (Å²) in [5.41, 5.74) is 9.25. The van der Waals surface area contributed by atoms with E-state index in [9.17, 15) is 9.59 Å². The number of aryl methyl sites for hydroxylation is 2. The maximum atomic E-state index is 12.4. The predicted molar refractivity (Wildman–Crippen MR) is 115 cm³/mol. The Morgan fingerprint density at radius 3 is 2.59 bits per heavy atom. The molecule has 0 aliphatic rings. The molecule has 8 heteroatoms. The standard InChI is InChI=1S/C21H23N5O2S/c1-4-26-20(15-7-5-6-13(2)10-15)24-25-21(26)29-12-18(27)23-16-8-9-17(19(22)28)14(3)11-16/h5-11H,4,12H2,1-3H3,(H2,22,28)(H,23,27). The Hall–Kier alpha value is -3.13. The van der Waals surface area contributed by atoms with E-state index in [0.29, 0.717) is 23.0 Å². The molecule has 1 aromatic heterocycles. The second kappa shape index (κ2) is 8.91. The van der Waals surface area contributed by atoms with Crippen molar-refractivity contribution in [2.24, 2.45) is 5.73 Å². The summed E-state index contributed by atoms with van der Waals surface area (Å²) in [7, 11) is 0. The first-order valence-electron chi connectivity index (χ1n) is 9.22. The molecule has 3 N–H and O–H groups in total. The van der Waals surface area contributed by atoms with Crippen LogP contribution in [-0.4, -0.2) is 32.3 Å². The van der Waals surface area contributed by atoms with Crippen LogP contribution >= 0.6 is 11.8 Å². The number of hydrogen-bond acceptors (Lipinski definition) is 5. The lowest BCUT2D eigenvalue weighted by molar-refractivity contribution is -0.113. The summed E-state index contributed by atoms with van der Waals surface area (Å²) in [6, 6.07) is 13.1. The van der Waals surface area contributed by atoms with Crippen molar-refractivity contribution in [3.8, 4) is 11.4 Å². The van der Waals surface area contributed by atoms with Gasteiger partial charge in [-0.1, -0.05) is 35.5 Å². The molecule has 0 fully saturated rings. The van der Waals surface area contributed by atoms with Gasteiger partial charge in [-0.25, -0.2) is 0 Å². The van der Waals surface area contributed by atoms with E-state index >= 15 is 0 Å². The first-order chi connectivity index (χ1) is 13.9. The highest BCUT2D eigenvalue weighted by Gasteiger charge is 2.15. The lowest BCUT2D eigenvalue weighted by atomic mass is 10.1. The molecule has 3 aromatic rings. The van der Waals surface area contributed by atoms with Crippen LogP contribution in [0.15, 0.2) is 47.6 Å². The monoisotopic (exact) mass is 409 g/mol. The average molecular weight is 410 g/mol. The third-order valence-corrected chi connectivity index (χ3v) is 5.38. The van der Waals surface area contributed by atoms with Crippen molar-refractivity contribution in [1.82, 2.24) is 14.8 Å². The van der Waals surface area contributed by atoms with Gasteiger partial charge in [-0.15, -0.1) is 10.2 Å². The first-order valence-corrected chi connectivity index (χ1v) is 10.2. The number of amides is 2. The fraction of sp³-hybridized carbons (Fsp3) is 0.238. The Labute approximate surface area is 173 Å². The number of hydrogen-bond donors (Lipinski definition) is 2. The normalized spacial score (nSPS) is 10.7. The third-order valence-electron chi connectivity index (χ3n) is 4.42. The fourth-order valence-electron chi connectivity index (χ4n) is 3.02. The zero-order valence-corrected chi connectivity index (χ0v) is 17.4. The van der Waals surface area contributed by atoms with Gasteiger partial charge in [-0.3, -0.25) is 9.59 Å². The average Bonchev–Trinajstić information content (AvgIpc) is 3.09. The number of aromatic nitrogens is 3. The Morgan fingerprint density at radius 1 is 1.14 bits per heavy atom. The minimum absolute atomic E-state index is 0.163. The topological polar surface area (TPSA) is 103 Å². The molecule has 0 atom stereocenters. The highest BCUT2D eigenvalue weighted by Crippen LogP contribution is 2.25. The van der Waals surface area contributed by atoms with Crippen molar-refractivity contribution < 1.29 is 9.59 Å². The lowest BCUT2D eigenvalue weighted by Crippen LogP contribution is -2.16. The Balaban J connectivity index is 1.68. The maximum Gasteiger partial charge on any atom is 0.248 e. The molecule has 0 radical (unpaired) electrons. The molecule has 0 aliphatic carbocycles. The second-order valence-corrected chi connectivity index (χ2v) is 7.59. The molecule has 7 nitrogen and oxygen atoms in total. The largest absolute Gasteiger partial charge is 0.366 e. The Kier molecular flexibility index (Phi) is 6.33. The van der Waals surface area contributed by atoms with E-state index in [0.717, 1.165) is 22.5 Å². The van der Waals surface area contributed by atoms with E-state index in [4.69, 9.17) is 5.73 Å². The molecule has 0 aliphatic heterocycles. The van der Waals surface area contributed by atoms with Gasteiger partial charge in [0.25, 0.3) is 0 Å². The first kappa shape index (κ1) is 20.6. The number of anilines is 1. The quantitative estimate of drug-likeness (QED) is 0.582. The number of carbonyl (C=O) groups excluding carboxylic acids is 2. The molecule has 2 amide bonds. The van der Waals surface area contributed by atoms with Crippen LogP contribution in [0.2, 0.25) is 0 Å². The van der Waals surface area contributed by atoms with Gasteiger partial charge >= 0.3 is 0 Å². The third kappa shape index (κ3) is 4.83. The van der Waals surface area contributed by atoms with E-state index in [1.165, 1.54) is 11.8 Å². The number of primary amides is 1. The number of nitrogens with one attached hydrogen (secondary N) is 1. The molecule has 29 heavy (non-hydrogen) atoms. The number of nitrogens with two attached hydrogens (primary N) is 1. The lowest BCUT2D eigenvalue weighted by Gasteiger charge is -2.09. The molecule has 0 bridgehead atoms. The van der Waals surface area contributed by atoms with Crippen LogP contribution in [0.3, 0.4) is 0 Å². The number of rotatable bonds is 7. The van der Waals surface area contributed by atoms with Crippen LogP contribution in [-0.2, 0) is 11.3 Å². The molecule has 0 spiro atoms. The molecular formula is C21H23N5O2S. The summed E-state index contributed by atoms with van der Waals surface area (Å²) in [4.78, 5) is 23.7. The van der Waals surface area contributed by atoms with Crippen LogP contribution in [0.1, 0.15) is 28.4 Å². The van der Waals surface area contributed by atoms with Crippen molar-refractivity contribution in [2.45, 2.75) is 32.5 Å². The van der Waals surface area contributed by atoms with Gasteiger partial charge in [0.15, 0.2) is 11.0 Å². The van der Waals surface area contributed by atoms with Crippen molar-refractivity contribution in [3.63, 3.8) is 0 Å². The van der Waals surface area contributed by atoms with Gasteiger partial charge in [0.2, 0.25) is 11.8 Å². The molecular weight excluding hydrogens is 386 g/mol. The summed E-state index contributed by atoms with van der Waals surface area (Å²) >= 11 is 1.33. The van der Waals surface area contributed by atoms with Crippen molar-refractivity contribution in [2.75, 3.05) is 11.1 Å². The van der Waals surface area contributed by atoms with Gasteiger partial charge < -0.3 is 15.6 Å². The molecule has 0 saturated heterocycles. The zero-order valence-electron chi connectivity index (χ0n) is 16.6. The van der Waals surface area contributed by atoms with E-state index in [-0.39, 0.29) is 11.7 Å².